The third-order valence-electron chi connectivity index (χ3n) is 6.71. The van der Waals surface area contributed by atoms with Crippen molar-refractivity contribution in [2.24, 2.45) is 0 Å². The van der Waals surface area contributed by atoms with Crippen molar-refractivity contribution in [3.05, 3.63) is 154 Å². The second-order valence-corrected chi connectivity index (χ2v) is 8.41. The van der Waals surface area contributed by atoms with Crippen molar-refractivity contribution in [2.45, 2.75) is 5.41 Å². The Morgan fingerprint density at radius 3 is 2.09 bits per heavy atom. The highest BCUT2D eigenvalue weighted by molar-refractivity contribution is 5.89. The molecule has 4 nitrogen and oxygen atoms in total. The summed E-state index contributed by atoms with van der Waals surface area (Å²) in [6.45, 7) is 0. The second kappa shape index (κ2) is 7.78. The summed E-state index contributed by atoms with van der Waals surface area (Å²) < 4.78 is 0. The van der Waals surface area contributed by atoms with E-state index >= 15 is 0 Å². The van der Waals surface area contributed by atoms with E-state index in [9.17, 15) is 10.1 Å². The molecule has 0 N–H and O–H groups in total. The Hall–Kier alpha value is -4.57. The number of pyridine rings is 1. The van der Waals surface area contributed by atoms with Crippen LogP contribution in [-0.2, 0) is 5.41 Å². The minimum atomic E-state index is -0.574. The molecule has 0 aliphatic heterocycles. The molecule has 34 heavy (non-hydrogen) atoms. The molecule has 0 fully saturated rings. The second-order valence-electron chi connectivity index (χ2n) is 8.41. The van der Waals surface area contributed by atoms with Gasteiger partial charge in [0.1, 0.15) is 0 Å². The number of para-hydroxylation sites is 1. The maximum absolute atomic E-state index is 11.7. The van der Waals surface area contributed by atoms with Gasteiger partial charge in [0.25, 0.3) is 5.69 Å². The zero-order chi connectivity index (χ0) is 23.1. The van der Waals surface area contributed by atoms with Crippen LogP contribution in [0.2, 0.25) is 0 Å². The first-order valence-corrected chi connectivity index (χ1v) is 11.2. The van der Waals surface area contributed by atoms with Crippen molar-refractivity contribution in [1.82, 2.24) is 4.98 Å². The molecule has 1 unspecified atom stereocenters. The van der Waals surface area contributed by atoms with Crippen LogP contribution >= 0.6 is 0 Å². The molecule has 0 amide bonds. The Bertz CT molecular complexity index is 1490. The summed E-state index contributed by atoms with van der Waals surface area (Å²) in [6, 6.07) is 38.0. The minimum absolute atomic E-state index is 0.104. The Balaban J connectivity index is 1.69. The summed E-state index contributed by atoms with van der Waals surface area (Å²) in [5, 5.41) is 11.7. The van der Waals surface area contributed by atoms with E-state index in [1.807, 2.05) is 48.7 Å². The fourth-order valence-corrected chi connectivity index (χ4v) is 5.34. The summed E-state index contributed by atoms with van der Waals surface area (Å²) in [4.78, 5) is 16.2. The number of rotatable bonds is 4. The standard InChI is InChI=1S/C30H20N2O2/c33-32(34)28-15-7-5-12-23(28)21-17-18-27-25(20-21)24-13-4-6-14-26(24)30(27,22-10-2-1-3-11-22)29-16-8-9-19-31-29/h1-20H. The molecule has 0 radical (unpaired) electrons. The van der Waals surface area contributed by atoms with E-state index in [0.29, 0.717) is 5.56 Å². The number of benzene rings is 4. The van der Waals surface area contributed by atoms with Gasteiger partial charge in [-0.1, -0.05) is 84.9 Å². The Labute approximate surface area is 197 Å². The van der Waals surface area contributed by atoms with Crippen LogP contribution in [0.25, 0.3) is 22.3 Å². The normalized spacial score (nSPS) is 16.0. The quantitative estimate of drug-likeness (QED) is 0.219. The van der Waals surface area contributed by atoms with Gasteiger partial charge in [0.15, 0.2) is 0 Å². The van der Waals surface area contributed by atoms with Crippen molar-refractivity contribution in [3.8, 4) is 22.3 Å². The smallest absolute Gasteiger partial charge is 0.260 e. The topological polar surface area (TPSA) is 56.0 Å². The van der Waals surface area contributed by atoms with Crippen molar-refractivity contribution in [2.75, 3.05) is 0 Å². The van der Waals surface area contributed by atoms with Gasteiger partial charge >= 0.3 is 0 Å². The van der Waals surface area contributed by atoms with Gasteiger partial charge in [-0.3, -0.25) is 15.1 Å². The molecule has 5 aromatic rings. The lowest BCUT2D eigenvalue weighted by molar-refractivity contribution is -0.384. The average molecular weight is 441 g/mol. The van der Waals surface area contributed by atoms with Crippen LogP contribution in [-0.4, -0.2) is 9.91 Å². The first-order valence-electron chi connectivity index (χ1n) is 11.2. The molecule has 4 heteroatoms. The predicted octanol–water partition coefficient (Wildman–Crippen LogP) is 7.02. The van der Waals surface area contributed by atoms with Crippen LogP contribution < -0.4 is 0 Å². The summed E-state index contributed by atoms with van der Waals surface area (Å²) in [5.41, 5.74) is 7.53. The van der Waals surface area contributed by atoms with Crippen LogP contribution in [0, 0.1) is 10.1 Å². The van der Waals surface area contributed by atoms with E-state index in [4.69, 9.17) is 4.98 Å². The molecule has 0 bridgehead atoms. The van der Waals surface area contributed by atoms with Gasteiger partial charge in [-0.15, -0.1) is 0 Å². The van der Waals surface area contributed by atoms with Crippen LogP contribution in [0.3, 0.4) is 0 Å². The number of aromatic nitrogens is 1. The number of nitro benzene ring substituents is 1. The molecule has 1 aliphatic carbocycles. The van der Waals surface area contributed by atoms with Crippen molar-refractivity contribution < 1.29 is 4.92 Å². The van der Waals surface area contributed by atoms with Gasteiger partial charge in [-0.05, 0) is 57.6 Å². The fraction of sp³-hybridized carbons (Fsp3) is 0.0333. The molecular weight excluding hydrogens is 420 g/mol. The van der Waals surface area contributed by atoms with Gasteiger partial charge in [0, 0.05) is 12.3 Å². The van der Waals surface area contributed by atoms with Crippen LogP contribution in [0.4, 0.5) is 5.69 Å². The highest BCUT2D eigenvalue weighted by Crippen LogP contribution is 2.56. The molecule has 6 rings (SSSR count). The SMILES string of the molecule is O=[N+]([O-])c1ccccc1-c1ccc2c(c1)-c1ccccc1C2(c1ccccc1)c1ccccn1. The Kier molecular flexibility index (Phi) is 4.59. The molecule has 1 aromatic heterocycles. The molecular formula is C30H20N2O2. The van der Waals surface area contributed by atoms with Gasteiger partial charge < -0.3 is 0 Å². The van der Waals surface area contributed by atoms with Gasteiger partial charge in [-0.25, -0.2) is 0 Å². The van der Waals surface area contributed by atoms with Crippen LogP contribution in [0.15, 0.2) is 121 Å². The lowest BCUT2D eigenvalue weighted by atomic mass is 9.69. The molecule has 0 spiro atoms. The molecule has 1 heterocycles. The van der Waals surface area contributed by atoms with Crippen LogP contribution in [0.5, 0.6) is 0 Å². The van der Waals surface area contributed by atoms with Gasteiger partial charge in [-0.2, -0.15) is 0 Å². The minimum Gasteiger partial charge on any atom is -0.260 e. The van der Waals surface area contributed by atoms with E-state index in [2.05, 4.69) is 60.7 Å². The summed E-state index contributed by atoms with van der Waals surface area (Å²) in [7, 11) is 0. The van der Waals surface area contributed by atoms with Gasteiger partial charge in [0.05, 0.1) is 21.6 Å². The number of fused-ring (bicyclic) bond motifs is 3. The van der Waals surface area contributed by atoms with E-state index in [0.717, 1.165) is 39.1 Å². The van der Waals surface area contributed by atoms with Crippen molar-refractivity contribution in [1.29, 1.82) is 0 Å². The monoisotopic (exact) mass is 440 g/mol. The zero-order valence-electron chi connectivity index (χ0n) is 18.3. The zero-order valence-corrected chi connectivity index (χ0v) is 18.3. The first-order chi connectivity index (χ1) is 16.7. The molecule has 1 atom stereocenters. The highest BCUT2D eigenvalue weighted by Gasteiger charge is 2.47. The lowest BCUT2D eigenvalue weighted by Crippen LogP contribution is -2.29. The van der Waals surface area contributed by atoms with E-state index in [1.54, 1.807) is 12.1 Å². The first kappa shape index (κ1) is 20.1. The molecule has 0 saturated heterocycles. The molecule has 1 aliphatic rings. The molecule has 4 aromatic carbocycles. The number of nitro groups is 1. The number of hydrogen-bond acceptors (Lipinski definition) is 3. The van der Waals surface area contributed by atoms with Gasteiger partial charge in [0.2, 0.25) is 0 Å². The van der Waals surface area contributed by atoms with Crippen LogP contribution in [0.1, 0.15) is 22.4 Å². The third kappa shape index (κ3) is 2.82. The van der Waals surface area contributed by atoms with E-state index in [1.165, 1.54) is 0 Å². The predicted molar refractivity (Wildman–Crippen MR) is 134 cm³/mol. The molecule has 0 saturated carbocycles. The maximum atomic E-state index is 11.7. The summed E-state index contributed by atoms with van der Waals surface area (Å²) in [6.07, 6.45) is 1.84. The Morgan fingerprint density at radius 2 is 1.32 bits per heavy atom. The van der Waals surface area contributed by atoms with E-state index in [-0.39, 0.29) is 10.6 Å². The number of nitrogens with zero attached hydrogens (tertiary/aromatic N) is 2. The fourth-order valence-electron chi connectivity index (χ4n) is 5.34. The lowest BCUT2D eigenvalue weighted by Gasteiger charge is -2.32. The summed E-state index contributed by atoms with van der Waals surface area (Å²) >= 11 is 0. The number of hydrogen-bond donors (Lipinski definition) is 0. The third-order valence-corrected chi connectivity index (χ3v) is 6.71. The van der Waals surface area contributed by atoms with Crippen molar-refractivity contribution in [3.63, 3.8) is 0 Å². The summed E-state index contributed by atoms with van der Waals surface area (Å²) in [5.74, 6) is 0. The Morgan fingerprint density at radius 1 is 0.647 bits per heavy atom. The largest absolute Gasteiger partial charge is 0.277 e. The molecule has 162 valence electrons. The van der Waals surface area contributed by atoms with Crippen molar-refractivity contribution >= 4 is 5.69 Å². The highest BCUT2D eigenvalue weighted by atomic mass is 16.6. The average Bonchev–Trinajstić information content (AvgIpc) is 3.20. The maximum Gasteiger partial charge on any atom is 0.277 e. The van der Waals surface area contributed by atoms with E-state index < -0.39 is 5.41 Å².